The zero-order chi connectivity index (χ0) is 18.1. The van der Waals surface area contributed by atoms with Crippen LogP contribution in [0.1, 0.15) is 16.8 Å². The Morgan fingerprint density at radius 2 is 2.00 bits per heavy atom. The quantitative estimate of drug-likeness (QED) is 0.467. The van der Waals surface area contributed by atoms with Gasteiger partial charge in [-0.3, -0.25) is 4.79 Å². The minimum Gasteiger partial charge on any atom is -0.394 e. The first-order chi connectivity index (χ1) is 11.9. The van der Waals surface area contributed by atoms with E-state index in [-0.39, 0.29) is 11.8 Å². The van der Waals surface area contributed by atoms with Gasteiger partial charge in [-0.1, -0.05) is 11.6 Å². The van der Waals surface area contributed by atoms with E-state index in [2.05, 4.69) is 15.4 Å². The van der Waals surface area contributed by atoms with E-state index in [1.54, 1.807) is 24.3 Å². The van der Waals surface area contributed by atoms with Crippen molar-refractivity contribution in [3.05, 3.63) is 35.1 Å². The molecule has 2 heterocycles. The third-order valence-corrected chi connectivity index (χ3v) is 3.96. The van der Waals surface area contributed by atoms with E-state index in [9.17, 15) is 15.0 Å². The number of hydrogen-bond donors (Lipinski definition) is 5. The maximum Gasteiger partial charge on any atom is 0.286 e. The molecule has 6 N–H and O–H groups in total. The number of carbonyl (C=O) groups is 1. The minimum atomic E-state index is -1.42. The lowest BCUT2D eigenvalue weighted by atomic mass is 10.1. The number of aliphatic hydroxyl groups is 3. The number of nitrogens with one attached hydrogen (secondary N) is 1. The van der Waals surface area contributed by atoms with Crippen LogP contribution in [0.15, 0.2) is 24.3 Å². The molecule has 1 saturated heterocycles. The summed E-state index contributed by atoms with van der Waals surface area (Å²) in [6.07, 6.45) is -4.99. The number of aliphatic hydroxyl groups excluding tert-OH is 3. The van der Waals surface area contributed by atoms with Crippen LogP contribution >= 0.6 is 11.6 Å². The summed E-state index contributed by atoms with van der Waals surface area (Å²) < 4.78 is 6.33. The van der Waals surface area contributed by atoms with Crippen LogP contribution in [-0.4, -0.2) is 60.9 Å². The SMILES string of the molecule is NC(=O)c1nc(Nc2ccc(Cl)cc2)nn1[C@@H]1O[C@H](CO)[C@@H](O)[C@H]1O. The lowest BCUT2D eigenvalue weighted by Crippen LogP contribution is -2.34. The number of nitrogens with two attached hydrogens (primary N) is 1. The van der Waals surface area contributed by atoms with Crippen molar-refractivity contribution in [1.82, 2.24) is 14.8 Å². The molecule has 0 aliphatic carbocycles. The normalized spacial score (nSPS) is 25.9. The van der Waals surface area contributed by atoms with Crippen molar-refractivity contribution in [2.75, 3.05) is 11.9 Å². The molecule has 1 aromatic heterocycles. The Morgan fingerprint density at radius 3 is 2.56 bits per heavy atom. The van der Waals surface area contributed by atoms with Crippen molar-refractivity contribution < 1.29 is 24.9 Å². The van der Waals surface area contributed by atoms with Crippen LogP contribution in [0.2, 0.25) is 5.02 Å². The summed E-state index contributed by atoms with van der Waals surface area (Å²) >= 11 is 5.82. The van der Waals surface area contributed by atoms with Crippen LogP contribution in [0.5, 0.6) is 0 Å². The molecule has 10 nitrogen and oxygen atoms in total. The lowest BCUT2D eigenvalue weighted by molar-refractivity contribution is -0.0594. The van der Waals surface area contributed by atoms with E-state index in [1.807, 2.05) is 0 Å². The molecule has 3 rings (SSSR count). The second kappa shape index (κ2) is 6.94. The molecule has 0 spiro atoms. The van der Waals surface area contributed by atoms with Crippen LogP contribution in [0.25, 0.3) is 0 Å². The minimum absolute atomic E-state index is 0.0360. The molecule has 0 bridgehead atoms. The Hall–Kier alpha value is -2.24. The number of hydrogen-bond acceptors (Lipinski definition) is 8. The van der Waals surface area contributed by atoms with E-state index in [0.29, 0.717) is 10.7 Å². The summed E-state index contributed by atoms with van der Waals surface area (Å²) in [7, 11) is 0. The number of benzene rings is 1. The topological polar surface area (TPSA) is 156 Å². The first kappa shape index (κ1) is 17.6. The van der Waals surface area contributed by atoms with Gasteiger partial charge in [0.1, 0.15) is 18.3 Å². The zero-order valence-electron chi connectivity index (χ0n) is 12.8. The highest BCUT2D eigenvalue weighted by Gasteiger charge is 2.45. The predicted octanol–water partition coefficient (Wildman–Crippen LogP) is -0.615. The highest BCUT2D eigenvalue weighted by atomic mass is 35.5. The Bertz CT molecular complexity index is 767. The van der Waals surface area contributed by atoms with Gasteiger partial charge in [-0.2, -0.15) is 4.98 Å². The van der Waals surface area contributed by atoms with Gasteiger partial charge in [0.2, 0.25) is 11.8 Å². The molecule has 1 aliphatic heterocycles. The number of primary amides is 1. The smallest absolute Gasteiger partial charge is 0.286 e. The molecule has 0 unspecified atom stereocenters. The van der Waals surface area contributed by atoms with Crippen molar-refractivity contribution in [2.45, 2.75) is 24.5 Å². The van der Waals surface area contributed by atoms with Gasteiger partial charge >= 0.3 is 0 Å². The largest absolute Gasteiger partial charge is 0.394 e. The number of aromatic nitrogens is 3. The van der Waals surface area contributed by atoms with Gasteiger partial charge in [-0.05, 0) is 24.3 Å². The maximum atomic E-state index is 11.6. The highest BCUT2D eigenvalue weighted by molar-refractivity contribution is 6.30. The van der Waals surface area contributed by atoms with Crippen molar-refractivity contribution in [1.29, 1.82) is 0 Å². The highest BCUT2D eigenvalue weighted by Crippen LogP contribution is 2.30. The average molecular weight is 370 g/mol. The summed E-state index contributed by atoms with van der Waals surface area (Å²) in [5, 5.41) is 36.6. The first-order valence-electron chi connectivity index (χ1n) is 7.32. The van der Waals surface area contributed by atoms with Crippen LogP contribution in [0.3, 0.4) is 0 Å². The van der Waals surface area contributed by atoms with E-state index < -0.39 is 37.1 Å². The molecule has 2 aromatic rings. The van der Waals surface area contributed by atoms with Crippen LogP contribution in [0, 0.1) is 0 Å². The number of rotatable bonds is 5. The molecule has 1 aromatic carbocycles. The van der Waals surface area contributed by atoms with E-state index in [1.165, 1.54) is 0 Å². The van der Waals surface area contributed by atoms with E-state index >= 15 is 0 Å². The summed E-state index contributed by atoms with van der Waals surface area (Å²) in [5.41, 5.74) is 5.91. The second-order valence-electron chi connectivity index (χ2n) is 5.43. The Balaban J connectivity index is 1.90. The van der Waals surface area contributed by atoms with Gasteiger partial charge in [0.15, 0.2) is 6.23 Å². The fourth-order valence-electron chi connectivity index (χ4n) is 2.47. The van der Waals surface area contributed by atoms with Crippen molar-refractivity contribution in [3.8, 4) is 0 Å². The summed E-state index contributed by atoms with van der Waals surface area (Å²) in [4.78, 5) is 15.6. The predicted molar refractivity (Wildman–Crippen MR) is 86.3 cm³/mol. The van der Waals surface area contributed by atoms with Gasteiger partial charge in [-0.25, -0.2) is 4.68 Å². The van der Waals surface area contributed by atoms with Crippen LogP contribution in [-0.2, 0) is 4.74 Å². The van der Waals surface area contributed by atoms with Crippen LogP contribution < -0.4 is 11.1 Å². The fraction of sp³-hybridized carbons (Fsp3) is 0.357. The monoisotopic (exact) mass is 369 g/mol. The van der Waals surface area contributed by atoms with Gasteiger partial charge in [0, 0.05) is 10.7 Å². The molecule has 0 radical (unpaired) electrons. The zero-order valence-corrected chi connectivity index (χ0v) is 13.5. The molecule has 0 saturated carbocycles. The van der Waals surface area contributed by atoms with Gasteiger partial charge in [0.25, 0.3) is 5.91 Å². The van der Waals surface area contributed by atoms with Gasteiger partial charge in [-0.15, -0.1) is 5.10 Å². The maximum absolute atomic E-state index is 11.6. The van der Waals surface area contributed by atoms with Gasteiger partial charge < -0.3 is 31.1 Å². The molecule has 134 valence electrons. The number of nitrogens with zero attached hydrogens (tertiary/aromatic N) is 3. The molecule has 4 atom stereocenters. The third kappa shape index (κ3) is 3.43. The molecule has 1 aliphatic rings. The van der Waals surface area contributed by atoms with E-state index in [4.69, 9.17) is 27.2 Å². The molecule has 11 heteroatoms. The number of amides is 1. The molecule has 1 amide bonds. The number of anilines is 2. The Morgan fingerprint density at radius 1 is 1.32 bits per heavy atom. The van der Waals surface area contributed by atoms with Crippen molar-refractivity contribution in [2.24, 2.45) is 5.73 Å². The molecule has 1 fully saturated rings. The second-order valence-corrected chi connectivity index (χ2v) is 5.87. The van der Waals surface area contributed by atoms with Crippen molar-refractivity contribution in [3.63, 3.8) is 0 Å². The number of carbonyl (C=O) groups excluding carboxylic acids is 1. The average Bonchev–Trinajstić information content (AvgIpc) is 3.12. The molecule has 25 heavy (non-hydrogen) atoms. The number of halogens is 1. The summed E-state index contributed by atoms with van der Waals surface area (Å²) in [6.45, 7) is -0.509. The van der Waals surface area contributed by atoms with Crippen LogP contribution in [0.4, 0.5) is 11.6 Å². The Labute approximate surface area is 146 Å². The fourth-order valence-corrected chi connectivity index (χ4v) is 2.59. The molecular formula is C14H16ClN5O5. The summed E-state index contributed by atoms with van der Waals surface area (Å²) in [6, 6.07) is 6.67. The standard InChI is InChI=1S/C14H16ClN5O5/c15-6-1-3-7(4-2-6)17-14-18-12(11(16)24)20(19-14)13-10(23)9(22)8(5-21)25-13/h1-4,8-10,13,21-23H,5H2,(H2,16,24)(H,17,19)/t8-,9-,10-,13-/m1/s1. The van der Waals surface area contributed by atoms with Crippen molar-refractivity contribution >= 4 is 29.1 Å². The number of ether oxygens (including phenoxy) is 1. The Kier molecular flexibility index (Phi) is 4.88. The molecular weight excluding hydrogens is 354 g/mol. The van der Waals surface area contributed by atoms with E-state index in [0.717, 1.165) is 4.68 Å². The summed E-state index contributed by atoms with van der Waals surface area (Å²) in [5.74, 6) is -1.13. The third-order valence-electron chi connectivity index (χ3n) is 3.71. The van der Waals surface area contributed by atoms with Gasteiger partial charge in [0.05, 0.1) is 6.61 Å². The first-order valence-corrected chi connectivity index (χ1v) is 7.70. The lowest BCUT2D eigenvalue weighted by Gasteiger charge is -2.15.